The lowest BCUT2D eigenvalue weighted by Gasteiger charge is -2.36. The highest BCUT2D eigenvalue weighted by atomic mass is 19.1. The summed E-state index contributed by atoms with van der Waals surface area (Å²) in [7, 11) is 0. The van der Waals surface area contributed by atoms with Crippen LogP contribution < -0.4 is 10.9 Å². The van der Waals surface area contributed by atoms with E-state index in [4.69, 9.17) is 9.47 Å². The molecule has 1 aliphatic heterocycles. The maximum atomic E-state index is 13.5. The van der Waals surface area contributed by atoms with Crippen LogP contribution in [-0.2, 0) is 16.0 Å². The van der Waals surface area contributed by atoms with Crippen molar-refractivity contribution < 1.29 is 23.8 Å². The van der Waals surface area contributed by atoms with Crippen molar-refractivity contribution in [2.75, 3.05) is 13.2 Å². The lowest BCUT2D eigenvalue weighted by Crippen LogP contribution is -2.47. The average molecular weight is 480 g/mol. The number of benzene rings is 1. The number of aromatic hydroxyl groups is 1. The third-order valence-corrected chi connectivity index (χ3v) is 7.36. The molecule has 182 valence electrons. The summed E-state index contributed by atoms with van der Waals surface area (Å²) in [6, 6.07) is 7.54. The zero-order valence-corrected chi connectivity index (χ0v) is 19.1. The lowest BCUT2D eigenvalue weighted by molar-refractivity contribution is -0.184. The maximum Gasteiger partial charge on any atom is 0.269 e. The zero-order valence-electron chi connectivity index (χ0n) is 19.1. The van der Waals surface area contributed by atoms with Crippen molar-refractivity contribution in [3.63, 3.8) is 0 Å². The van der Waals surface area contributed by atoms with Gasteiger partial charge >= 0.3 is 0 Å². The van der Waals surface area contributed by atoms with Crippen LogP contribution in [0.2, 0.25) is 0 Å². The normalized spacial score (nSPS) is 19.6. The van der Waals surface area contributed by atoms with E-state index in [1.165, 1.54) is 29.5 Å². The fourth-order valence-electron chi connectivity index (χ4n) is 5.21. The third kappa shape index (κ3) is 4.08. The van der Waals surface area contributed by atoms with Gasteiger partial charge in [0.15, 0.2) is 6.29 Å². The maximum absolute atomic E-state index is 13.5. The van der Waals surface area contributed by atoms with Gasteiger partial charge in [0, 0.05) is 17.8 Å². The molecule has 0 bridgehead atoms. The molecule has 8 nitrogen and oxygen atoms in total. The molecule has 3 heterocycles. The molecule has 3 aliphatic rings. The number of nitrogens with one attached hydrogen (secondary N) is 1. The van der Waals surface area contributed by atoms with Gasteiger partial charge in [0.1, 0.15) is 22.8 Å². The second kappa shape index (κ2) is 8.42. The van der Waals surface area contributed by atoms with Gasteiger partial charge in [-0.05, 0) is 61.3 Å². The fraction of sp³-hybridized carbons (Fsp3) is 0.423. The average Bonchev–Trinajstić information content (AvgIpc) is 3.64. The number of hydrogen-bond acceptors (Lipinski definition) is 6. The van der Waals surface area contributed by atoms with Crippen LogP contribution in [0.4, 0.5) is 4.39 Å². The third-order valence-electron chi connectivity index (χ3n) is 7.36. The van der Waals surface area contributed by atoms with E-state index in [1.807, 2.05) is 0 Å². The number of fused-ring (bicyclic) bond motifs is 1. The number of amides is 1. The lowest BCUT2D eigenvalue weighted by atomic mass is 9.77. The van der Waals surface area contributed by atoms with E-state index in [1.54, 1.807) is 24.4 Å². The molecule has 9 heteroatoms. The quantitative estimate of drug-likeness (QED) is 0.582. The van der Waals surface area contributed by atoms with E-state index in [2.05, 4.69) is 10.3 Å². The van der Waals surface area contributed by atoms with Crippen molar-refractivity contribution in [2.45, 2.75) is 51.0 Å². The SMILES string of the molecule is O=C(NC1CC2(CC2)C1)c1c(O)c2cc(-c3ccc(F)cc3)cnc2n(CC2OCCCO2)c1=O. The van der Waals surface area contributed by atoms with Gasteiger partial charge in [-0.25, -0.2) is 9.37 Å². The smallest absolute Gasteiger partial charge is 0.269 e. The van der Waals surface area contributed by atoms with Crippen molar-refractivity contribution in [3.05, 3.63) is 58.3 Å². The van der Waals surface area contributed by atoms with Gasteiger partial charge < -0.3 is 19.9 Å². The summed E-state index contributed by atoms with van der Waals surface area (Å²) in [6.45, 7) is 1.05. The number of pyridine rings is 2. The number of ether oxygens (including phenoxy) is 2. The van der Waals surface area contributed by atoms with Crippen molar-refractivity contribution in [3.8, 4) is 16.9 Å². The Morgan fingerprint density at radius 2 is 1.89 bits per heavy atom. The summed E-state index contributed by atoms with van der Waals surface area (Å²) in [4.78, 5) is 31.1. The number of aromatic nitrogens is 2. The molecule has 0 atom stereocenters. The molecule has 2 N–H and O–H groups in total. The number of carbonyl (C=O) groups is 1. The first-order valence-corrected chi connectivity index (χ1v) is 12.0. The predicted molar refractivity (Wildman–Crippen MR) is 126 cm³/mol. The fourth-order valence-corrected chi connectivity index (χ4v) is 5.21. The zero-order chi connectivity index (χ0) is 24.2. The molecule has 35 heavy (non-hydrogen) atoms. The van der Waals surface area contributed by atoms with Crippen LogP contribution in [0.15, 0.2) is 41.3 Å². The van der Waals surface area contributed by atoms with Crippen LogP contribution in [-0.4, -0.2) is 46.1 Å². The molecule has 2 saturated carbocycles. The largest absolute Gasteiger partial charge is 0.506 e. The first kappa shape index (κ1) is 22.2. The number of carbonyl (C=O) groups excluding carboxylic acids is 1. The van der Waals surface area contributed by atoms with Crippen LogP contribution in [0.25, 0.3) is 22.2 Å². The second-order valence-corrected chi connectivity index (χ2v) is 9.84. The Bertz CT molecular complexity index is 1350. The van der Waals surface area contributed by atoms with E-state index in [-0.39, 0.29) is 35.0 Å². The molecule has 1 amide bonds. The highest BCUT2D eigenvalue weighted by Gasteiger charge is 2.53. The van der Waals surface area contributed by atoms with Gasteiger partial charge in [-0.2, -0.15) is 0 Å². The van der Waals surface area contributed by atoms with E-state index >= 15 is 0 Å². The van der Waals surface area contributed by atoms with E-state index in [9.17, 15) is 19.1 Å². The van der Waals surface area contributed by atoms with Gasteiger partial charge in [-0.15, -0.1) is 0 Å². The molecule has 0 radical (unpaired) electrons. The Balaban J connectivity index is 1.43. The predicted octanol–water partition coefficient (Wildman–Crippen LogP) is 3.34. The number of nitrogens with zero attached hydrogens (tertiary/aromatic N) is 2. The Hall–Kier alpha value is -3.30. The van der Waals surface area contributed by atoms with Crippen LogP contribution in [0.1, 0.15) is 42.5 Å². The monoisotopic (exact) mass is 479 g/mol. The molecule has 6 rings (SSSR count). The van der Waals surface area contributed by atoms with E-state index in [0.29, 0.717) is 29.8 Å². The molecule has 0 unspecified atom stereocenters. The number of halogens is 1. The minimum atomic E-state index is -0.662. The summed E-state index contributed by atoms with van der Waals surface area (Å²) in [5.74, 6) is -1.38. The van der Waals surface area contributed by atoms with E-state index in [0.717, 1.165) is 19.3 Å². The van der Waals surface area contributed by atoms with Crippen molar-refractivity contribution in [1.29, 1.82) is 0 Å². The topological polar surface area (TPSA) is 103 Å². The summed E-state index contributed by atoms with van der Waals surface area (Å²) in [6.07, 6.45) is 5.83. The Labute approximate surface area is 200 Å². The molecule has 2 aliphatic carbocycles. The number of hydrogen-bond donors (Lipinski definition) is 2. The first-order chi connectivity index (χ1) is 16.9. The minimum absolute atomic E-state index is 0.00151. The van der Waals surface area contributed by atoms with E-state index < -0.39 is 23.5 Å². The first-order valence-electron chi connectivity index (χ1n) is 12.0. The van der Waals surface area contributed by atoms with Gasteiger partial charge in [-0.1, -0.05) is 12.1 Å². The second-order valence-electron chi connectivity index (χ2n) is 9.84. The van der Waals surface area contributed by atoms with Crippen LogP contribution >= 0.6 is 0 Å². The van der Waals surface area contributed by atoms with Crippen LogP contribution in [0.3, 0.4) is 0 Å². The van der Waals surface area contributed by atoms with Crippen LogP contribution in [0, 0.1) is 11.2 Å². The highest BCUT2D eigenvalue weighted by Crippen LogP contribution is 2.60. The molecule has 3 fully saturated rings. The van der Waals surface area contributed by atoms with Gasteiger partial charge in [-0.3, -0.25) is 14.2 Å². The summed E-state index contributed by atoms with van der Waals surface area (Å²) in [5.41, 5.74) is 0.938. The van der Waals surface area contributed by atoms with Crippen molar-refractivity contribution in [1.82, 2.24) is 14.9 Å². The standard InChI is InChI=1S/C26H26FN3O5/c27-17-4-2-15(3-5-17)16-10-19-22(31)21(24(32)29-18-11-26(12-18)6-7-26)25(33)30(23(19)28-13-16)14-20-34-8-1-9-35-20/h2-5,10,13,18,20,31H,1,6-9,11-12,14H2,(H,29,32). The summed E-state index contributed by atoms with van der Waals surface area (Å²) in [5, 5.41) is 14.3. The molecular weight excluding hydrogens is 453 g/mol. The molecular formula is C26H26FN3O5. The van der Waals surface area contributed by atoms with Gasteiger partial charge in [0.25, 0.3) is 11.5 Å². The molecule has 2 aromatic heterocycles. The van der Waals surface area contributed by atoms with Gasteiger partial charge in [0.2, 0.25) is 0 Å². The van der Waals surface area contributed by atoms with Crippen molar-refractivity contribution >= 4 is 16.9 Å². The van der Waals surface area contributed by atoms with Crippen molar-refractivity contribution in [2.24, 2.45) is 5.41 Å². The molecule has 1 spiro atoms. The summed E-state index contributed by atoms with van der Waals surface area (Å²) < 4.78 is 26.0. The molecule has 1 saturated heterocycles. The Kier molecular flexibility index (Phi) is 5.34. The van der Waals surface area contributed by atoms with Crippen LogP contribution in [0.5, 0.6) is 5.75 Å². The Morgan fingerprint density at radius 1 is 1.17 bits per heavy atom. The highest BCUT2D eigenvalue weighted by molar-refractivity contribution is 6.02. The minimum Gasteiger partial charge on any atom is -0.506 e. The molecule has 1 aromatic carbocycles. The Morgan fingerprint density at radius 3 is 2.57 bits per heavy atom. The molecule has 3 aromatic rings. The van der Waals surface area contributed by atoms with Gasteiger partial charge in [0.05, 0.1) is 25.1 Å². The summed E-state index contributed by atoms with van der Waals surface area (Å²) >= 11 is 0. The number of rotatable bonds is 5.